The second-order valence-electron chi connectivity index (χ2n) is 3.50. The van der Waals surface area contributed by atoms with Gasteiger partial charge in [0.25, 0.3) is 0 Å². The van der Waals surface area contributed by atoms with Crippen molar-refractivity contribution in [1.82, 2.24) is 0 Å². The van der Waals surface area contributed by atoms with E-state index in [1.807, 2.05) is 24.3 Å². The molecule has 1 unspecified atom stereocenters. The molecule has 0 saturated carbocycles. The molecule has 1 fully saturated rings. The topological polar surface area (TPSA) is 61.3 Å². The zero-order valence-electron chi connectivity index (χ0n) is 8.07. The second-order valence-corrected chi connectivity index (χ2v) is 4.63. The van der Waals surface area contributed by atoms with Crippen molar-refractivity contribution >= 4 is 11.8 Å². The molecule has 1 heterocycles. The maximum Gasteiger partial charge on any atom is 0.119 e. The highest BCUT2D eigenvalue weighted by Crippen LogP contribution is 2.41. The largest absolute Gasteiger partial charge is 0.497 e. The predicted octanol–water partition coefficient (Wildman–Crippen LogP) is 0.881. The summed E-state index contributed by atoms with van der Waals surface area (Å²) < 4.78 is 5.15. The lowest BCUT2D eigenvalue weighted by Crippen LogP contribution is -2.60. The van der Waals surface area contributed by atoms with E-state index in [-0.39, 0.29) is 10.9 Å². The average Bonchev–Trinajstić information content (AvgIpc) is 2.26. The first-order valence-electron chi connectivity index (χ1n) is 4.47. The predicted molar refractivity (Wildman–Crippen MR) is 59.3 cm³/mol. The summed E-state index contributed by atoms with van der Waals surface area (Å²) in [7, 11) is 1.65. The number of nitrogens with two attached hydrogens (primary N) is 2. The fourth-order valence-corrected chi connectivity index (χ4v) is 2.54. The molecule has 76 valence electrons. The van der Waals surface area contributed by atoms with E-state index in [0.29, 0.717) is 0 Å². The molecule has 1 aliphatic rings. The third-order valence-electron chi connectivity index (χ3n) is 2.62. The van der Waals surface area contributed by atoms with Crippen molar-refractivity contribution in [2.75, 3.05) is 12.9 Å². The van der Waals surface area contributed by atoms with Crippen LogP contribution in [0, 0.1) is 0 Å². The highest BCUT2D eigenvalue weighted by Gasteiger charge is 2.43. The van der Waals surface area contributed by atoms with E-state index in [1.54, 1.807) is 18.9 Å². The minimum atomic E-state index is -0.376. The van der Waals surface area contributed by atoms with Gasteiger partial charge in [0, 0.05) is 5.75 Å². The molecule has 2 atom stereocenters. The van der Waals surface area contributed by atoms with E-state index < -0.39 is 0 Å². The quantitative estimate of drug-likeness (QED) is 0.760. The molecule has 0 amide bonds. The number of methoxy groups -OCH3 is 1. The van der Waals surface area contributed by atoms with Crippen LogP contribution in [0.4, 0.5) is 0 Å². The molecule has 1 aromatic carbocycles. The fraction of sp³-hybridized carbons (Fsp3) is 0.400. The van der Waals surface area contributed by atoms with Crippen molar-refractivity contribution in [3.63, 3.8) is 0 Å². The highest BCUT2D eigenvalue weighted by atomic mass is 32.2. The minimum absolute atomic E-state index is 0.00499. The van der Waals surface area contributed by atoms with Crippen molar-refractivity contribution in [3.8, 4) is 5.75 Å². The van der Waals surface area contributed by atoms with Gasteiger partial charge in [-0.2, -0.15) is 0 Å². The van der Waals surface area contributed by atoms with Crippen LogP contribution in [0.3, 0.4) is 0 Å². The van der Waals surface area contributed by atoms with Crippen molar-refractivity contribution in [2.45, 2.75) is 10.9 Å². The molecule has 1 aromatic rings. The summed E-state index contributed by atoms with van der Waals surface area (Å²) >= 11 is 1.69. The Morgan fingerprint density at radius 3 is 2.86 bits per heavy atom. The molecule has 0 radical (unpaired) electrons. The van der Waals surface area contributed by atoms with Crippen molar-refractivity contribution in [3.05, 3.63) is 29.8 Å². The number of thioether (sulfide) groups is 1. The summed E-state index contributed by atoms with van der Waals surface area (Å²) in [5.74, 6) is 1.71. The van der Waals surface area contributed by atoms with E-state index >= 15 is 0 Å². The van der Waals surface area contributed by atoms with E-state index in [1.165, 1.54) is 0 Å². The molecule has 1 aliphatic heterocycles. The zero-order chi connectivity index (χ0) is 10.2. The number of hydrogen-bond acceptors (Lipinski definition) is 4. The molecule has 4 N–H and O–H groups in total. The Labute approximate surface area is 87.8 Å². The summed E-state index contributed by atoms with van der Waals surface area (Å²) in [6.07, 6.45) is 0. The molecular weight excluding hydrogens is 196 g/mol. The van der Waals surface area contributed by atoms with Gasteiger partial charge in [-0.3, -0.25) is 0 Å². The van der Waals surface area contributed by atoms with Crippen molar-refractivity contribution in [2.24, 2.45) is 11.5 Å². The Hall–Kier alpha value is -0.710. The van der Waals surface area contributed by atoms with Gasteiger partial charge in [-0.15, -0.1) is 11.8 Å². The van der Waals surface area contributed by atoms with Gasteiger partial charge in [0.05, 0.1) is 18.0 Å². The standard InChI is InChI=1S/C10H14N2OS/c1-13-8-4-2-3-7(5-8)10(12)6-14-9(10)11/h2-5,9H,6,11-12H2,1H3/t9?,10-/m0/s1. The van der Waals surface area contributed by atoms with Crippen LogP contribution in [0.1, 0.15) is 5.56 Å². The molecule has 0 spiro atoms. The summed E-state index contributed by atoms with van der Waals surface area (Å²) in [5.41, 5.74) is 12.8. The van der Waals surface area contributed by atoms with E-state index in [9.17, 15) is 0 Å². The van der Waals surface area contributed by atoms with Crippen LogP contribution in [0.5, 0.6) is 5.75 Å². The summed E-state index contributed by atoms with van der Waals surface area (Å²) in [6, 6.07) is 7.81. The Bertz CT molecular complexity index is 345. The van der Waals surface area contributed by atoms with Gasteiger partial charge in [-0.05, 0) is 17.7 Å². The third-order valence-corrected chi connectivity index (χ3v) is 4.04. The van der Waals surface area contributed by atoms with Gasteiger partial charge in [-0.25, -0.2) is 0 Å². The SMILES string of the molecule is COc1cccc([C@@]2(N)CSC2N)c1. The zero-order valence-corrected chi connectivity index (χ0v) is 8.88. The van der Waals surface area contributed by atoms with Gasteiger partial charge in [0.2, 0.25) is 0 Å². The van der Waals surface area contributed by atoms with E-state index in [2.05, 4.69) is 0 Å². The molecule has 0 bridgehead atoms. The molecule has 0 aliphatic carbocycles. The third kappa shape index (κ3) is 1.39. The Kier molecular flexibility index (Phi) is 2.43. The lowest BCUT2D eigenvalue weighted by molar-refractivity contribution is 0.407. The second kappa shape index (κ2) is 3.46. The highest BCUT2D eigenvalue weighted by molar-refractivity contribution is 8.01. The minimum Gasteiger partial charge on any atom is -0.497 e. The molecule has 2 rings (SSSR count). The summed E-state index contributed by atoms with van der Waals surface area (Å²) in [4.78, 5) is 0. The van der Waals surface area contributed by atoms with Crippen LogP contribution < -0.4 is 16.2 Å². The molecule has 0 aromatic heterocycles. The van der Waals surface area contributed by atoms with Crippen molar-refractivity contribution < 1.29 is 4.74 Å². The van der Waals surface area contributed by atoms with Crippen LogP contribution in [-0.2, 0) is 5.54 Å². The Morgan fingerprint density at radius 2 is 2.36 bits per heavy atom. The monoisotopic (exact) mass is 210 g/mol. The van der Waals surface area contributed by atoms with Gasteiger partial charge in [0.15, 0.2) is 0 Å². The number of ether oxygens (including phenoxy) is 1. The fourth-order valence-electron chi connectivity index (χ4n) is 1.52. The van der Waals surface area contributed by atoms with E-state index in [0.717, 1.165) is 17.1 Å². The number of hydrogen-bond donors (Lipinski definition) is 2. The number of rotatable bonds is 2. The lowest BCUT2D eigenvalue weighted by Gasteiger charge is -2.44. The van der Waals surface area contributed by atoms with Crippen LogP contribution >= 0.6 is 11.8 Å². The smallest absolute Gasteiger partial charge is 0.119 e. The number of benzene rings is 1. The average molecular weight is 210 g/mol. The molecule has 4 heteroatoms. The van der Waals surface area contributed by atoms with Crippen LogP contribution in [-0.4, -0.2) is 18.2 Å². The maximum absolute atomic E-state index is 6.19. The normalized spacial score (nSPS) is 30.9. The summed E-state index contributed by atoms with van der Waals surface area (Å²) in [6.45, 7) is 0. The van der Waals surface area contributed by atoms with Crippen LogP contribution in [0.15, 0.2) is 24.3 Å². The van der Waals surface area contributed by atoms with Gasteiger partial charge < -0.3 is 16.2 Å². The van der Waals surface area contributed by atoms with Crippen molar-refractivity contribution in [1.29, 1.82) is 0 Å². The van der Waals surface area contributed by atoms with Gasteiger partial charge in [-0.1, -0.05) is 12.1 Å². The van der Waals surface area contributed by atoms with Gasteiger partial charge >= 0.3 is 0 Å². The lowest BCUT2D eigenvalue weighted by atomic mass is 9.91. The summed E-state index contributed by atoms with van der Waals surface area (Å²) in [5, 5.41) is -0.00499. The Balaban J connectivity index is 2.32. The van der Waals surface area contributed by atoms with Crippen LogP contribution in [0.25, 0.3) is 0 Å². The molecule has 1 saturated heterocycles. The first-order chi connectivity index (χ1) is 6.66. The van der Waals surface area contributed by atoms with Gasteiger partial charge in [0.1, 0.15) is 5.75 Å². The maximum atomic E-state index is 6.19. The molecule has 3 nitrogen and oxygen atoms in total. The molecular formula is C10H14N2OS. The Morgan fingerprint density at radius 1 is 1.57 bits per heavy atom. The first kappa shape index (κ1) is 9.83. The molecule has 14 heavy (non-hydrogen) atoms. The van der Waals surface area contributed by atoms with E-state index in [4.69, 9.17) is 16.2 Å². The van der Waals surface area contributed by atoms with Crippen LogP contribution in [0.2, 0.25) is 0 Å². The first-order valence-corrected chi connectivity index (χ1v) is 5.52.